The highest BCUT2D eigenvalue weighted by atomic mass is 16.5. The molecule has 0 saturated heterocycles. The third kappa shape index (κ3) is 4.52. The second-order valence-corrected chi connectivity index (χ2v) is 9.21. The maximum Gasteiger partial charge on any atom is 0.337 e. The zero-order valence-electron chi connectivity index (χ0n) is 21.5. The van der Waals surface area contributed by atoms with Crippen LogP contribution in [-0.4, -0.2) is 28.0 Å². The molecule has 0 spiro atoms. The molecular formula is C30H27N3O5. The number of ether oxygens (including phenoxy) is 1. The van der Waals surface area contributed by atoms with Crippen molar-refractivity contribution < 1.29 is 19.1 Å². The maximum atomic E-state index is 13.5. The van der Waals surface area contributed by atoms with Crippen molar-refractivity contribution >= 4 is 22.6 Å². The summed E-state index contributed by atoms with van der Waals surface area (Å²) >= 11 is 0. The summed E-state index contributed by atoms with van der Waals surface area (Å²) in [5.41, 5.74) is 4.57. The lowest BCUT2D eigenvalue weighted by Crippen LogP contribution is -2.14. The molecule has 2 aromatic heterocycles. The number of methoxy groups -OCH3 is 1. The van der Waals surface area contributed by atoms with E-state index in [1.165, 1.54) is 0 Å². The molecule has 8 nitrogen and oxygen atoms in total. The van der Waals surface area contributed by atoms with Gasteiger partial charge in [-0.3, -0.25) is 4.79 Å². The minimum Gasteiger partial charge on any atom is -0.497 e. The number of para-hydroxylation sites is 1. The number of benzene rings is 3. The van der Waals surface area contributed by atoms with E-state index in [2.05, 4.69) is 10.4 Å². The Balaban J connectivity index is 1.61. The van der Waals surface area contributed by atoms with Crippen molar-refractivity contribution in [3.8, 4) is 22.8 Å². The Labute approximate surface area is 219 Å². The maximum absolute atomic E-state index is 13.5. The van der Waals surface area contributed by atoms with Gasteiger partial charge in [0.2, 0.25) is 0 Å². The SMILES string of the molecule is COc1cccc(-n2cc(-c3oc4c(C(C)Nc5ccccc5C(=O)O)cc(C)cc4c(=O)c3C)cn2)c1. The average molecular weight is 510 g/mol. The smallest absolute Gasteiger partial charge is 0.337 e. The minimum absolute atomic E-state index is 0.126. The molecule has 2 N–H and O–H groups in total. The number of aryl methyl sites for hydroxylation is 1. The summed E-state index contributed by atoms with van der Waals surface area (Å²) in [6.45, 7) is 5.57. The summed E-state index contributed by atoms with van der Waals surface area (Å²) in [6.07, 6.45) is 3.47. The quantitative estimate of drug-likeness (QED) is 0.271. The molecule has 0 radical (unpaired) electrons. The van der Waals surface area contributed by atoms with Gasteiger partial charge in [0.1, 0.15) is 17.1 Å². The molecule has 0 aliphatic rings. The second-order valence-electron chi connectivity index (χ2n) is 9.21. The Morgan fingerprint density at radius 3 is 2.66 bits per heavy atom. The Morgan fingerprint density at radius 1 is 1.11 bits per heavy atom. The molecule has 2 heterocycles. The van der Waals surface area contributed by atoms with Crippen molar-refractivity contribution in [2.24, 2.45) is 0 Å². The van der Waals surface area contributed by atoms with E-state index in [-0.39, 0.29) is 17.0 Å². The predicted octanol–water partition coefficient (Wildman–Crippen LogP) is 6.14. The summed E-state index contributed by atoms with van der Waals surface area (Å²) in [5.74, 6) is 0.116. The molecule has 5 aromatic rings. The zero-order valence-corrected chi connectivity index (χ0v) is 21.5. The molecule has 1 atom stereocenters. The van der Waals surface area contributed by atoms with E-state index in [9.17, 15) is 14.7 Å². The van der Waals surface area contributed by atoms with Crippen LogP contribution in [0.25, 0.3) is 28.0 Å². The van der Waals surface area contributed by atoms with E-state index < -0.39 is 5.97 Å². The van der Waals surface area contributed by atoms with Crippen LogP contribution < -0.4 is 15.5 Å². The molecular weight excluding hydrogens is 482 g/mol. The van der Waals surface area contributed by atoms with Crippen LogP contribution in [0.2, 0.25) is 0 Å². The van der Waals surface area contributed by atoms with Gasteiger partial charge in [0.15, 0.2) is 5.43 Å². The second kappa shape index (κ2) is 9.89. The van der Waals surface area contributed by atoms with Gasteiger partial charge in [-0.1, -0.05) is 24.3 Å². The largest absolute Gasteiger partial charge is 0.497 e. The van der Waals surface area contributed by atoms with Crippen LogP contribution in [0.3, 0.4) is 0 Å². The Bertz CT molecular complexity index is 1730. The third-order valence-corrected chi connectivity index (χ3v) is 6.55. The lowest BCUT2D eigenvalue weighted by atomic mass is 9.99. The number of rotatable bonds is 7. The number of hydrogen-bond donors (Lipinski definition) is 2. The van der Waals surface area contributed by atoms with Gasteiger partial charge in [-0.15, -0.1) is 0 Å². The lowest BCUT2D eigenvalue weighted by Gasteiger charge is -2.19. The van der Waals surface area contributed by atoms with Gasteiger partial charge in [-0.25, -0.2) is 9.48 Å². The van der Waals surface area contributed by atoms with Gasteiger partial charge in [0.05, 0.1) is 41.5 Å². The van der Waals surface area contributed by atoms with Gasteiger partial charge < -0.3 is 19.6 Å². The molecule has 0 aliphatic carbocycles. The van der Waals surface area contributed by atoms with Gasteiger partial charge in [-0.05, 0) is 56.7 Å². The molecule has 0 fully saturated rings. The Hall–Kier alpha value is -4.85. The molecule has 8 heteroatoms. The first-order valence-corrected chi connectivity index (χ1v) is 12.1. The first kappa shape index (κ1) is 24.8. The highest BCUT2D eigenvalue weighted by molar-refractivity contribution is 5.94. The van der Waals surface area contributed by atoms with Crippen LogP contribution in [-0.2, 0) is 0 Å². The number of aromatic carboxylic acids is 1. The molecule has 0 aliphatic heterocycles. The number of carbonyl (C=O) groups is 1. The van der Waals surface area contributed by atoms with Gasteiger partial charge in [0, 0.05) is 29.1 Å². The highest BCUT2D eigenvalue weighted by Gasteiger charge is 2.21. The molecule has 3 aromatic carbocycles. The topological polar surface area (TPSA) is 107 Å². The Morgan fingerprint density at radius 2 is 1.89 bits per heavy atom. The summed E-state index contributed by atoms with van der Waals surface area (Å²) in [7, 11) is 1.61. The fourth-order valence-corrected chi connectivity index (χ4v) is 4.61. The third-order valence-electron chi connectivity index (χ3n) is 6.55. The number of nitrogens with one attached hydrogen (secondary N) is 1. The van der Waals surface area contributed by atoms with Crippen molar-refractivity contribution in [1.29, 1.82) is 0 Å². The Kier molecular flexibility index (Phi) is 6.46. The van der Waals surface area contributed by atoms with Gasteiger partial charge in [-0.2, -0.15) is 5.10 Å². The van der Waals surface area contributed by atoms with Crippen molar-refractivity contribution in [1.82, 2.24) is 9.78 Å². The highest BCUT2D eigenvalue weighted by Crippen LogP contribution is 2.33. The van der Waals surface area contributed by atoms with Crippen LogP contribution >= 0.6 is 0 Å². The van der Waals surface area contributed by atoms with Crippen molar-refractivity contribution in [2.75, 3.05) is 12.4 Å². The predicted molar refractivity (Wildman–Crippen MR) is 147 cm³/mol. The van der Waals surface area contributed by atoms with Crippen LogP contribution in [0, 0.1) is 13.8 Å². The summed E-state index contributed by atoms with van der Waals surface area (Å²) < 4.78 is 13.5. The van der Waals surface area contributed by atoms with E-state index in [0.717, 1.165) is 16.8 Å². The number of carboxylic acids is 1. The van der Waals surface area contributed by atoms with Gasteiger partial charge >= 0.3 is 5.97 Å². The average Bonchev–Trinajstić information content (AvgIpc) is 3.41. The number of fused-ring (bicyclic) bond motifs is 1. The fourth-order valence-electron chi connectivity index (χ4n) is 4.61. The minimum atomic E-state index is -1.02. The number of hydrogen-bond acceptors (Lipinski definition) is 6. The standard InChI is InChI=1S/C30H27N3O5/c1-17-12-24(19(3)32-26-11-6-5-10-23(26)30(35)36)29-25(13-17)27(34)18(2)28(38-29)20-15-31-33(16-20)21-8-7-9-22(14-21)37-4/h5-16,19,32H,1-4H3,(H,35,36). The fraction of sp³-hybridized carbons (Fsp3) is 0.167. The molecule has 5 rings (SSSR count). The van der Waals surface area contributed by atoms with Crippen molar-refractivity contribution in [3.05, 3.63) is 106 Å². The number of aromatic nitrogens is 2. The molecule has 38 heavy (non-hydrogen) atoms. The number of anilines is 1. The molecule has 0 saturated carbocycles. The van der Waals surface area contributed by atoms with E-state index in [1.807, 2.05) is 56.4 Å². The van der Waals surface area contributed by atoms with Crippen molar-refractivity contribution in [3.63, 3.8) is 0 Å². The molecule has 192 valence electrons. The van der Waals surface area contributed by atoms with Crippen LogP contribution in [0.4, 0.5) is 5.69 Å². The number of carboxylic acid groups (broad SMARTS) is 1. The van der Waals surface area contributed by atoms with E-state index in [4.69, 9.17) is 9.15 Å². The van der Waals surface area contributed by atoms with Crippen LogP contribution in [0.15, 0.2) is 82.3 Å². The molecule has 0 bridgehead atoms. The summed E-state index contributed by atoms with van der Waals surface area (Å²) in [6, 6.07) is 17.6. The summed E-state index contributed by atoms with van der Waals surface area (Å²) in [4.78, 5) is 25.2. The van der Waals surface area contributed by atoms with Gasteiger partial charge in [0.25, 0.3) is 0 Å². The van der Waals surface area contributed by atoms with E-state index >= 15 is 0 Å². The monoisotopic (exact) mass is 509 g/mol. The normalized spacial score (nSPS) is 11.9. The van der Waals surface area contributed by atoms with E-state index in [0.29, 0.717) is 39.3 Å². The molecule has 1 unspecified atom stereocenters. The zero-order chi connectivity index (χ0) is 27.0. The van der Waals surface area contributed by atoms with Crippen molar-refractivity contribution in [2.45, 2.75) is 26.8 Å². The van der Waals surface area contributed by atoms with E-state index in [1.54, 1.807) is 49.2 Å². The van der Waals surface area contributed by atoms with Crippen LogP contribution in [0.5, 0.6) is 5.75 Å². The van der Waals surface area contributed by atoms with Crippen LogP contribution in [0.1, 0.15) is 40.0 Å². The first-order chi connectivity index (χ1) is 18.3. The summed E-state index contributed by atoms with van der Waals surface area (Å²) in [5, 5.41) is 17.8. The number of nitrogens with zero attached hydrogens (tertiary/aromatic N) is 2. The first-order valence-electron chi connectivity index (χ1n) is 12.1. The lowest BCUT2D eigenvalue weighted by molar-refractivity contribution is 0.0698. The molecule has 0 amide bonds.